The van der Waals surface area contributed by atoms with Gasteiger partial charge < -0.3 is 16.4 Å². The largest absolute Gasteiger partial charge is 0.368 e. The standard InChI is InChI=1S/C12H23N3O2/c1-2-12(14,11(13)17)7-6-10(16)15-8-4-3-5-9-15/h2-9,14H2,1H3,(H2,13,17). The monoisotopic (exact) mass is 241 g/mol. The third kappa shape index (κ3) is 3.70. The van der Waals surface area contributed by atoms with E-state index in [1.54, 1.807) is 0 Å². The molecule has 17 heavy (non-hydrogen) atoms. The first-order valence-electron chi connectivity index (χ1n) is 6.36. The van der Waals surface area contributed by atoms with Crippen molar-refractivity contribution in [1.29, 1.82) is 0 Å². The van der Waals surface area contributed by atoms with Crippen LogP contribution < -0.4 is 11.5 Å². The Hall–Kier alpha value is -1.10. The zero-order valence-corrected chi connectivity index (χ0v) is 10.6. The molecule has 1 aliphatic heterocycles. The summed E-state index contributed by atoms with van der Waals surface area (Å²) >= 11 is 0. The van der Waals surface area contributed by atoms with E-state index in [4.69, 9.17) is 11.5 Å². The first-order valence-corrected chi connectivity index (χ1v) is 6.36. The summed E-state index contributed by atoms with van der Waals surface area (Å²) in [5.41, 5.74) is 10.1. The van der Waals surface area contributed by atoms with Gasteiger partial charge in [0.15, 0.2) is 0 Å². The molecule has 1 fully saturated rings. The third-order valence-corrected chi connectivity index (χ3v) is 3.62. The molecule has 1 heterocycles. The second-order valence-electron chi connectivity index (χ2n) is 4.82. The van der Waals surface area contributed by atoms with Crippen LogP contribution in [0.25, 0.3) is 0 Å². The van der Waals surface area contributed by atoms with E-state index in [-0.39, 0.29) is 5.91 Å². The molecule has 1 rings (SSSR count). The van der Waals surface area contributed by atoms with Crippen LogP contribution in [0.3, 0.4) is 0 Å². The molecule has 98 valence electrons. The van der Waals surface area contributed by atoms with Gasteiger partial charge in [0, 0.05) is 19.5 Å². The van der Waals surface area contributed by atoms with Gasteiger partial charge in [-0.25, -0.2) is 0 Å². The van der Waals surface area contributed by atoms with Gasteiger partial charge in [0.2, 0.25) is 11.8 Å². The zero-order valence-electron chi connectivity index (χ0n) is 10.6. The lowest BCUT2D eigenvalue weighted by molar-refractivity contribution is -0.133. The minimum atomic E-state index is -1.04. The van der Waals surface area contributed by atoms with Gasteiger partial charge in [-0.15, -0.1) is 0 Å². The van der Waals surface area contributed by atoms with Crippen molar-refractivity contribution in [1.82, 2.24) is 4.90 Å². The van der Waals surface area contributed by atoms with Crippen molar-refractivity contribution in [3.8, 4) is 0 Å². The molecule has 0 aromatic carbocycles. The Labute approximate surface area is 103 Å². The number of likely N-dealkylation sites (tertiary alicyclic amines) is 1. The van der Waals surface area contributed by atoms with E-state index >= 15 is 0 Å². The molecular weight excluding hydrogens is 218 g/mol. The Kier molecular flexibility index (Phi) is 4.93. The van der Waals surface area contributed by atoms with Crippen molar-refractivity contribution in [2.75, 3.05) is 13.1 Å². The highest BCUT2D eigenvalue weighted by Crippen LogP contribution is 2.16. The molecule has 0 aliphatic carbocycles. The average Bonchev–Trinajstić information content (AvgIpc) is 2.36. The smallest absolute Gasteiger partial charge is 0.237 e. The van der Waals surface area contributed by atoms with Crippen LogP contribution in [0, 0.1) is 0 Å². The molecule has 0 aromatic rings. The van der Waals surface area contributed by atoms with Gasteiger partial charge in [-0.2, -0.15) is 0 Å². The quantitative estimate of drug-likeness (QED) is 0.728. The highest BCUT2D eigenvalue weighted by molar-refractivity contribution is 5.85. The summed E-state index contributed by atoms with van der Waals surface area (Å²) in [6, 6.07) is 0. The lowest BCUT2D eigenvalue weighted by atomic mass is 9.90. The number of hydrogen-bond donors (Lipinski definition) is 2. The molecule has 1 unspecified atom stereocenters. The normalized spacial score (nSPS) is 19.8. The summed E-state index contributed by atoms with van der Waals surface area (Å²) < 4.78 is 0. The van der Waals surface area contributed by atoms with Crippen molar-refractivity contribution >= 4 is 11.8 Å². The lowest BCUT2D eigenvalue weighted by Crippen LogP contribution is -2.52. The van der Waals surface area contributed by atoms with Crippen LogP contribution in [-0.2, 0) is 9.59 Å². The van der Waals surface area contributed by atoms with Gasteiger partial charge in [-0.05, 0) is 32.1 Å². The summed E-state index contributed by atoms with van der Waals surface area (Å²) in [7, 11) is 0. The number of primary amides is 1. The van der Waals surface area contributed by atoms with Crippen molar-refractivity contribution < 1.29 is 9.59 Å². The first-order chi connectivity index (χ1) is 7.99. The van der Waals surface area contributed by atoms with E-state index in [1.807, 2.05) is 11.8 Å². The Bertz CT molecular complexity index is 287. The molecule has 2 amide bonds. The van der Waals surface area contributed by atoms with Crippen LogP contribution in [0.4, 0.5) is 0 Å². The minimum absolute atomic E-state index is 0.0919. The number of rotatable bonds is 5. The minimum Gasteiger partial charge on any atom is -0.368 e. The van der Waals surface area contributed by atoms with Gasteiger partial charge in [-0.1, -0.05) is 6.92 Å². The van der Waals surface area contributed by atoms with Gasteiger partial charge in [0.1, 0.15) is 0 Å². The molecule has 5 nitrogen and oxygen atoms in total. The Morgan fingerprint density at radius 3 is 2.29 bits per heavy atom. The number of nitrogens with two attached hydrogens (primary N) is 2. The second-order valence-corrected chi connectivity index (χ2v) is 4.82. The fraction of sp³-hybridized carbons (Fsp3) is 0.833. The second kappa shape index (κ2) is 6.00. The van der Waals surface area contributed by atoms with Crippen molar-refractivity contribution in [3.05, 3.63) is 0 Å². The Balaban J connectivity index is 2.43. The van der Waals surface area contributed by atoms with E-state index < -0.39 is 11.4 Å². The van der Waals surface area contributed by atoms with E-state index in [9.17, 15) is 9.59 Å². The Morgan fingerprint density at radius 2 is 1.82 bits per heavy atom. The van der Waals surface area contributed by atoms with Crippen LogP contribution in [0.2, 0.25) is 0 Å². The summed E-state index contributed by atoms with van der Waals surface area (Å²) in [4.78, 5) is 25.0. The van der Waals surface area contributed by atoms with E-state index in [1.165, 1.54) is 6.42 Å². The van der Waals surface area contributed by atoms with Crippen LogP contribution in [0.15, 0.2) is 0 Å². The average molecular weight is 241 g/mol. The van der Waals surface area contributed by atoms with Crippen molar-refractivity contribution in [2.45, 2.75) is 51.0 Å². The van der Waals surface area contributed by atoms with Gasteiger partial charge in [0.25, 0.3) is 0 Å². The molecule has 0 aromatic heterocycles. The molecule has 1 aliphatic rings. The van der Waals surface area contributed by atoms with Gasteiger partial charge in [-0.3, -0.25) is 9.59 Å². The topological polar surface area (TPSA) is 89.4 Å². The summed E-state index contributed by atoms with van der Waals surface area (Å²) in [6.45, 7) is 3.48. The number of nitrogens with zero attached hydrogens (tertiary/aromatic N) is 1. The maximum atomic E-state index is 11.9. The number of amides is 2. The highest BCUT2D eigenvalue weighted by Gasteiger charge is 2.31. The number of hydrogen-bond acceptors (Lipinski definition) is 3. The third-order valence-electron chi connectivity index (χ3n) is 3.62. The van der Waals surface area contributed by atoms with Crippen LogP contribution >= 0.6 is 0 Å². The molecule has 1 saturated heterocycles. The molecule has 4 N–H and O–H groups in total. The lowest BCUT2D eigenvalue weighted by Gasteiger charge is -2.29. The molecular formula is C12H23N3O2. The molecule has 0 spiro atoms. The van der Waals surface area contributed by atoms with Gasteiger partial charge in [0.05, 0.1) is 5.54 Å². The predicted octanol–water partition coefficient (Wildman–Crippen LogP) is 0.372. The molecule has 5 heteroatoms. The Morgan fingerprint density at radius 1 is 1.24 bits per heavy atom. The van der Waals surface area contributed by atoms with Crippen molar-refractivity contribution in [3.63, 3.8) is 0 Å². The molecule has 0 radical (unpaired) electrons. The summed E-state index contributed by atoms with van der Waals surface area (Å²) in [5, 5.41) is 0. The van der Waals surface area contributed by atoms with E-state index in [0.29, 0.717) is 19.3 Å². The molecule has 0 bridgehead atoms. The van der Waals surface area contributed by atoms with E-state index in [2.05, 4.69) is 0 Å². The molecule has 1 atom stereocenters. The summed E-state index contributed by atoms with van der Waals surface area (Å²) in [5.74, 6) is -0.430. The highest BCUT2D eigenvalue weighted by atomic mass is 16.2. The first kappa shape index (κ1) is 14.0. The van der Waals surface area contributed by atoms with Crippen LogP contribution in [-0.4, -0.2) is 35.3 Å². The fourth-order valence-corrected chi connectivity index (χ4v) is 2.11. The van der Waals surface area contributed by atoms with Crippen LogP contribution in [0.5, 0.6) is 0 Å². The molecule has 0 saturated carbocycles. The fourth-order valence-electron chi connectivity index (χ4n) is 2.11. The SMILES string of the molecule is CCC(N)(CCC(=O)N1CCCCC1)C(N)=O. The van der Waals surface area contributed by atoms with Crippen molar-refractivity contribution in [2.24, 2.45) is 11.5 Å². The maximum Gasteiger partial charge on any atom is 0.237 e. The maximum absolute atomic E-state index is 11.9. The predicted molar refractivity (Wildman–Crippen MR) is 66.1 cm³/mol. The van der Waals surface area contributed by atoms with E-state index in [0.717, 1.165) is 25.9 Å². The summed E-state index contributed by atoms with van der Waals surface area (Å²) in [6.07, 6.45) is 4.46. The zero-order chi connectivity index (χ0) is 12.9. The number of carbonyl (C=O) groups is 2. The number of carbonyl (C=O) groups excluding carboxylic acids is 2. The van der Waals surface area contributed by atoms with Crippen LogP contribution in [0.1, 0.15) is 45.4 Å². The van der Waals surface area contributed by atoms with Gasteiger partial charge >= 0.3 is 0 Å². The number of piperidine rings is 1.